The predicted molar refractivity (Wildman–Crippen MR) is 106 cm³/mol. The summed E-state index contributed by atoms with van der Waals surface area (Å²) < 4.78 is 20.4. The second kappa shape index (κ2) is 8.22. The van der Waals surface area contributed by atoms with Crippen LogP contribution in [0.25, 0.3) is 11.0 Å². The van der Waals surface area contributed by atoms with Gasteiger partial charge in [0, 0.05) is 6.54 Å². The molecule has 7 nitrogen and oxygen atoms in total. The van der Waals surface area contributed by atoms with Gasteiger partial charge in [-0.15, -0.1) is 0 Å². The molecule has 2 aromatic carbocycles. The monoisotopic (exact) mass is 397 g/mol. The number of para-hydroxylation sites is 1. The molecule has 1 heterocycles. The zero-order valence-corrected chi connectivity index (χ0v) is 16.2. The van der Waals surface area contributed by atoms with E-state index in [1.165, 1.54) is 37.3 Å². The first-order chi connectivity index (χ1) is 13.8. The molecule has 0 fully saturated rings. The molecule has 3 rings (SSSR count). The van der Waals surface area contributed by atoms with Gasteiger partial charge in [0.25, 0.3) is 11.5 Å². The third kappa shape index (κ3) is 4.16. The minimum atomic E-state index is -1.14. The van der Waals surface area contributed by atoms with Crippen LogP contribution in [0.3, 0.4) is 0 Å². The number of ether oxygens (including phenoxy) is 1. The number of halogens is 1. The highest BCUT2D eigenvalue weighted by Gasteiger charge is 2.20. The number of carbonyl (C=O) groups is 2. The summed E-state index contributed by atoms with van der Waals surface area (Å²) in [5.41, 5.74) is 1.41. The van der Waals surface area contributed by atoms with Crippen LogP contribution in [0.2, 0.25) is 0 Å². The second-order valence-electron chi connectivity index (χ2n) is 6.47. The number of aromatic nitrogens is 2. The summed E-state index contributed by atoms with van der Waals surface area (Å²) in [6.07, 6.45) is -1.14. The molecular formula is C21H20FN3O4. The number of amides is 1. The Kier molecular flexibility index (Phi) is 5.72. The SMILES string of the molecule is CCn1c(=O)c(C)nc2cc(C(=O)O[C@H](C)C(=O)Nc3ccccc3F)ccc21. The molecule has 8 heteroatoms. The predicted octanol–water partition coefficient (Wildman–Crippen LogP) is 3.05. The molecular weight excluding hydrogens is 377 g/mol. The summed E-state index contributed by atoms with van der Waals surface area (Å²) in [6.45, 7) is 5.31. The van der Waals surface area contributed by atoms with Gasteiger partial charge < -0.3 is 14.6 Å². The Labute approximate surface area is 166 Å². The van der Waals surface area contributed by atoms with Crippen LogP contribution in [-0.2, 0) is 16.1 Å². The zero-order valence-electron chi connectivity index (χ0n) is 16.2. The molecule has 0 spiro atoms. The van der Waals surface area contributed by atoms with E-state index in [-0.39, 0.29) is 16.8 Å². The Bertz CT molecular complexity index is 1160. The minimum Gasteiger partial charge on any atom is -0.449 e. The Hall–Kier alpha value is -3.55. The number of rotatable bonds is 5. The standard InChI is InChI=1S/C21H20FN3O4/c1-4-25-18-10-9-14(11-17(18)23-12(2)20(25)27)21(28)29-13(3)19(26)24-16-8-6-5-7-15(16)22/h5-11,13H,4H2,1-3H3,(H,24,26)/t13-/m1/s1. The minimum absolute atomic E-state index is 0.00307. The van der Waals surface area contributed by atoms with Gasteiger partial charge in [0.2, 0.25) is 0 Å². The number of nitrogens with one attached hydrogen (secondary N) is 1. The van der Waals surface area contributed by atoms with Crippen LogP contribution in [0.1, 0.15) is 29.9 Å². The number of hydrogen-bond donors (Lipinski definition) is 1. The van der Waals surface area contributed by atoms with Gasteiger partial charge in [-0.25, -0.2) is 14.2 Å². The highest BCUT2D eigenvalue weighted by molar-refractivity contribution is 5.98. The Morgan fingerprint density at radius 2 is 1.97 bits per heavy atom. The van der Waals surface area contributed by atoms with Crippen molar-refractivity contribution in [2.24, 2.45) is 0 Å². The third-order valence-electron chi connectivity index (χ3n) is 4.45. The molecule has 0 radical (unpaired) electrons. The third-order valence-corrected chi connectivity index (χ3v) is 4.45. The van der Waals surface area contributed by atoms with Crippen LogP contribution < -0.4 is 10.9 Å². The molecule has 0 aliphatic rings. The maximum atomic E-state index is 13.7. The first-order valence-corrected chi connectivity index (χ1v) is 9.09. The van der Waals surface area contributed by atoms with Crippen molar-refractivity contribution in [1.82, 2.24) is 9.55 Å². The lowest BCUT2D eigenvalue weighted by molar-refractivity contribution is -0.123. The van der Waals surface area contributed by atoms with Crippen molar-refractivity contribution < 1.29 is 18.7 Å². The number of nitrogens with zero attached hydrogens (tertiary/aromatic N) is 2. The zero-order chi connectivity index (χ0) is 21.1. The molecule has 1 atom stereocenters. The Balaban J connectivity index is 1.79. The fraction of sp³-hybridized carbons (Fsp3) is 0.238. The Morgan fingerprint density at radius 1 is 1.24 bits per heavy atom. The quantitative estimate of drug-likeness (QED) is 0.669. The average Bonchev–Trinajstić information content (AvgIpc) is 2.70. The van der Waals surface area contributed by atoms with E-state index in [1.54, 1.807) is 23.6 Å². The summed E-state index contributed by atoms with van der Waals surface area (Å²) in [4.78, 5) is 41.1. The van der Waals surface area contributed by atoms with E-state index in [0.717, 1.165) is 0 Å². The van der Waals surface area contributed by atoms with Gasteiger partial charge in [-0.05, 0) is 51.1 Å². The molecule has 0 saturated heterocycles. The summed E-state index contributed by atoms with van der Waals surface area (Å²) in [5, 5.41) is 2.38. The van der Waals surface area contributed by atoms with Gasteiger partial charge in [0.1, 0.15) is 11.5 Å². The van der Waals surface area contributed by atoms with Crippen LogP contribution >= 0.6 is 0 Å². The Morgan fingerprint density at radius 3 is 2.66 bits per heavy atom. The molecule has 0 unspecified atom stereocenters. The molecule has 0 bridgehead atoms. The van der Waals surface area contributed by atoms with Crippen LogP contribution in [0.15, 0.2) is 47.3 Å². The van der Waals surface area contributed by atoms with E-state index in [4.69, 9.17) is 4.74 Å². The molecule has 29 heavy (non-hydrogen) atoms. The van der Waals surface area contributed by atoms with E-state index in [9.17, 15) is 18.8 Å². The molecule has 0 aliphatic heterocycles. The van der Waals surface area contributed by atoms with Crippen molar-refractivity contribution in [2.45, 2.75) is 33.4 Å². The maximum Gasteiger partial charge on any atom is 0.338 e. The largest absolute Gasteiger partial charge is 0.449 e. The van der Waals surface area contributed by atoms with Crippen molar-refractivity contribution in [3.63, 3.8) is 0 Å². The normalized spacial score (nSPS) is 11.9. The molecule has 1 N–H and O–H groups in total. The number of fused-ring (bicyclic) bond motifs is 1. The van der Waals surface area contributed by atoms with Crippen LogP contribution in [0.4, 0.5) is 10.1 Å². The topological polar surface area (TPSA) is 90.3 Å². The van der Waals surface area contributed by atoms with Crippen LogP contribution in [0, 0.1) is 12.7 Å². The van der Waals surface area contributed by atoms with Crippen molar-refractivity contribution in [3.05, 3.63) is 69.9 Å². The lowest BCUT2D eigenvalue weighted by Crippen LogP contribution is -2.30. The number of aryl methyl sites for hydroxylation is 2. The second-order valence-corrected chi connectivity index (χ2v) is 6.47. The van der Waals surface area contributed by atoms with Gasteiger partial charge in [-0.1, -0.05) is 12.1 Å². The molecule has 3 aromatic rings. The summed E-state index contributed by atoms with van der Waals surface area (Å²) in [7, 11) is 0. The van der Waals surface area contributed by atoms with E-state index in [1.807, 2.05) is 6.92 Å². The van der Waals surface area contributed by atoms with Crippen molar-refractivity contribution >= 4 is 28.6 Å². The van der Waals surface area contributed by atoms with Gasteiger partial charge in [0.05, 0.1) is 22.3 Å². The number of anilines is 1. The van der Waals surface area contributed by atoms with Crippen LogP contribution in [0.5, 0.6) is 0 Å². The summed E-state index contributed by atoms with van der Waals surface area (Å²) in [5.74, 6) is -1.97. The number of esters is 1. The molecule has 0 aliphatic carbocycles. The van der Waals surface area contributed by atoms with E-state index in [2.05, 4.69) is 10.3 Å². The van der Waals surface area contributed by atoms with Crippen molar-refractivity contribution in [2.75, 3.05) is 5.32 Å². The van der Waals surface area contributed by atoms with Crippen molar-refractivity contribution in [1.29, 1.82) is 0 Å². The highest BCUT2D eigenvalue weighted by atomic mass is 19.1. The highest BCUT2D eigenvalue weighted by Crippen LogP contribution is 2.16. The lowest BCUT2D eigenvalue weighted by atomic mass is 10.2. The first kappa shape index (κ1) is 20.2. The van der Waals surface area contributed by atoms with Crippen LogP contribution in [-0.4, -0.2) is 27.5 Å². The summed E-state index contributed by atoms with van der Waals surface area (Å²) >= 11 is 0. The van der Waals surface area contributed by atoms with E-state index >= 15 is 0 Å². The van der Waals surface area contributed by atoms with E-state index < -0.39 is 23.8 Å². The fourth-order valence-corrected chi connectivity index (χ4v) is 2.89. The molecule has 0 saturated carbocycles. The maximum absolute atomic E-state index is 13.7. The fourth-order valence-electron chi connectivity index (χ4n) is 2.89. The van der Waals surface area contributed by atoms with Gasteiger partial charge in [-0.3, -0.25) is 9.59 Å². The van der Waals surface area contributed by atoms with Gasteiger partial charge in [-0.2, -0.15) is 0 Å². The first-order valence-electron chi connectivity index (χ1n) is 9.09. The van der Waals surface area contributed by atoms with Gasteiger partial charge >= 0.3 is 5.97 Å². The number of hydrogen-bond acceptors (Lipinski definition) is 5. The number of benzene rings is 2. The van der Waals surface area contributed by atoms with E-state index in [0.29, 0.717) is 23.3 Å². The average molecular weight is 397 g/mol. The summed E-state index contributed by atoms with van der Waals surface area (Å²) in [6, 6.07) is 10.3. The van der Waals surface area contributed by atoms with Crippen molar-refractivity contribution in [3.8, 4) is 0 Å². The van der Waals surface area contributed by atoms with Gasteiger partial charge in [0.15, 0.2) is 6.10 Å². The molecule has 1 aromatic heterocycles. The molecule has 1 amide bonds. The lowest BCUT2D eigenvalue weighted by Gasteiger charge is -2.14. The smallest absolute Gasteiger partial charge is 0.338 e. The molecule has 150 valence electrons. The number of carbonyl (C=O) groups excluding carboxylic acids is 2.